The topological polar surface area (TPSA) is 26.3 Å². The van der Waals surface area contributed by atoms with Crippen LogP contribution in [0.2, 0.25) is 0 Å². The van der Waals surface area contributed by atoms with E-state index in [1.165, 1.54) is 0 Å². The Kier molecular flexibility index (Phi) is 5.00. The molecule has 0 aliphatic rings. The van der Waals surface area contributed by atoms with Crippen LogP contribution in [0.4, 0.5) is 0 Å². The monoisotopic (exact) mass is 284 g/mol. The van der Waals surface area contributed by atoms with Crippen molar-refractivity contribution in [3.05, 3.63) is 28.7 Å². The van der Waals surface area contributed by atoms with Gasteiger partial charge < -0.3 is 9.53 Å². The Morgan fingerprint density at radius 2 is 1.88 bits per heavy atom. The molecule has 0 aromatic heterocycles. The summed E-state index contributed by atoms with van der Waals surface area (Å²) in [5.74, 6) is 1.28. The molecule has 0 bridgehead atoms. The first-order valence-electron chi connectivity index (χ1n) is 5.40. The van der Waals surface area contributed by atoms with E-state index in [4.69, 9.17) is 4.74 Å². The number of carbonyl (C=O) groups excluding carboxylic acids is 1. The van der Waals surface area contributed by atoms with Crippen LogP contribution in [-0.2, 0) is 4.79 Å². The normalized spacial score (nSPS) is 14.2. The van der Waals surface area contributed by atoms with Gasteiger partial charge in [0.1, 0.15) is 11.5 Å². The van der Waals surface area contributed by atoms with Crippen molar-refractivity contribution in [1.29, 1.82) is 0 Å². The lowest BCUT2D eigenvalue weighted by Crippen LogP contribution is -2.23. The number of rotatable bonds is 5. The summed E-state index contributed by atoms with van der Waals surface area (Å²) in [5, 5.41) is 0. The second-order valence-electron chi connectivity index (χ2n) is 4.16. The van der Waals surface area contributed by atoms with Gasteiger partial charge in [0.2, 0.25) is 0 Å². The molecule has 2 nitrogen and oxygen atoms in total. The van der Waals surface area contributed by atoms with Gasteiger partial charge in [0.15, 0.2) is 0 Å². The van der Waals surface area contributed by atoms with Gasteiger partial charge in [-0.05, 0) is 44.0 Å². The molecule has 0 saturated carbocycles. The lowest BCUT2D eigenvalue weighted by Gasteiger charge is -2.20. The quantitative estimate of drug-likeness (QED) is 0.821. The number of carbonyl (C=O) groups is 1. The summed E-state index contributed by atoms with van der Waals surface area (Å²) in [5.41, 5.74) is 0. The van der Waals surface area contributed by atoms with Crippen LogP contribution in [-0.4, -0.2) is 11.9 Å². The molecule has 2 atom stereocenters. The summed E-state index contributed by atoms with van der Waals surface area (Å²) >= 11 is 3.37. The minimum Gasteiger partial charge on any atom is -0.490 e. The second kappa shape index (κ2) is 6.04. The SMILES string of the molecule is CC(=O)C[C@@H](C)C(C)Oc1ccc(Br)cc1. The van der Waals surface area contributed by atoms with Gasteiger partial charge in [0.05, 0.1) is 6.10 Å². The van der Waals surface area contributed by atoms with Gasteiger partial charge in [0, 0.05) is 10.9 Å². The Bertz CT molecular complexity index is 345. The minimum absolute atomic E-state index is 0.0464. The predicted octanol–water partition coefficient (Wildman–Crippen LogP) is 3.83. The average molecular weight is 285 g/mol. The summed E-state index contributed by atoms with van der Waals surface area (Å²) in [6, 6.07) is 7.72. The number of ketones is 1. The van der Waals surface area contributed by atoms with Crippen molar-refractivity contribution in [3.8, 4) is 5.75 Å². The van der Waals surface area contributed by atoms with E-state index in [-0.39, 0.29) is 17.8 Å². The van der Waals surface area contributed by atoms with Crippen LogP contribution >= 0.6 is 15.9 Å². The average Bonchev–Trinajstić information content (AvgIpc) is 2.20. The molecule has 0 heterocycles. The third-order valence-corrected chi connectivity index (χ3v) is 3.08. The largest absolute Gasteiger partial charge is 0.490 e. The van der Waals surface area contributed by atoms with E-state index in [1.807, 2.05) is 38.1 Å². The fraction of sp³-hybridized carbons (Fsp3) is 0.462. The minimum atomic E-state index is 0.0464. The maximum Gasteiger partial charge on any atom is 0.130 e. The van der Waals surface area contributed by atoms with Crippen LogP contribution in [0.3, 0.4) is 0 Å². The molecule has 16 heavy (non-hydrogen) atoms. The predicted molar refractivity (Wildman–Crippen MR) is 68.7 cm³/mol. The molecular weight excluding hydrogens is 268 g/mol. The van der Waals surface area contributed by atoms with Crippen LogP contribution in [0.1, 0.15) is 27.2 Å². The van der Waals surface area contributed by atoms with Gasteiger partial charge in [-0.1, -0.05) is 22.9 Å². The van der Waals surface area contributed by atoms with Crippen LogP contribution in [0, 0.1) is 5.92 Å². The molecule has 1 unspecified atom stereocenters. The third-order valence-electron chi connectivity index (χ3n) is 2.55. The summed E-state index contributed by atoms with van der Waals surface area (Å²) in [7, 11) is 0. The number of hydrogen-bond donors (Lipinski definition) is 0. The lowest BCUT2D eigenvalue weighted by molar-refractivity contribution is -0.118. The van der Waals surface area contributed by atoms with Crippen LogP contribution in [0.5, 0.6) is 5.75 Å². The smallest absolute Gasteiger partial charge is 0.130 e. The first kappa shape index (κ1) is 13.2. The molecule has 3 heteroatoms. The van der Waals surface area contributed by atoms with Crippen LogP contribution in [0.15, 0.2) is 28.7 Å². The molecule has 1 aromatic carbocycles. The lowest BCUT2D eigenvalue weighted by atomic mass is 10.00. The second-order valence-corrected chi connectivity index (χ2v) is 5.08. The Morgan fingerprint density at radius 1 is 1.31 bits per heavy atom. The number of halogens is 1. The highest BCUT2D eigenvalue weighted by atomic mass is 79.9. The van der Waals surface area contributed by atoms with E-state index in [2.05, 4.69) is 15.9 Å². The van der Waals surface area contributed by atoms with Gasteiger partial charge in [-0.25, -0.2) is 0 Å². The van der Waals surface area contributed by atoms with Crippen molar-refractivity contribution in [1.82, 2.24) is 0 Å². The Hall–Kier alpha value is -0.830. The fourth-order valence-electron chi connectivity index (χ4n) is 1.46. The molecule has 88 valence electrons. The Labute approximate surface area is 105 Å². The van der Waals surface area contributed by atoms with Crippen molar-refractivity contribution >= 4 is 21.7 Å². The van der Waals surface area contributed by atoms with E-state index in [0.29, 0.717) is 6.42 Å². The van der Waals surface area contributed by atoms with Crippen molar-refractivity contribution in [2.75, 3.05) is 0 Å². The molecule has 0 aliphatic carbocycles. The highest BCUT2D eigenvalue weighted by Gasteiger charge is 2.15. The van der Waals surface area contributed by atoms with Gasteiger partial charge in [-0.2, -0.15) is 0 Å². The molecule has 0 radical (unpaired) electrons. The van der Waals surface area contributed by atoms with Crippen molar-refractivity contribution in [2.45, 2.75) is 33.3 Å². The number of Topliss-reactive ketones (excluding diaryl/α,β-unsaturated/α-hetero) is 1. The zero-order valence-electron chi connectivity index (χ0n) is 9.87. The van der Waals surface area contributed by atoms with Gasteiger partial charge >= 0.3 is 0 Å². The maximum absolute atomic E-state index is 11.0. The van der Waals surface area contributed by atoms with E-state index in [0.717, 1.165) is 10.2 Å². The van der Waals surface area contributed by atoms with Gasteiger partial charge in [0.25, 0.3) is 0 Å². The van der Waals surface area contributed by atoms with E-state index in [9.17, 15) is 4.79 Å². The molecule has 0 spiro atoms. The fourth-order valence-corrected chi connectivity index (χ4v) is 1.73. The highest BCUT2D eigenvalue weighted by molar-refractivity contribution is 9.10. The molecule has 1 aromatic rings. The Balaban J connectivity index is 2.53. The number of hydrogen-bond acceptors (Lipinski definition) is 2. The number of ether oxygens (including phenoxy) is 1. The van der Waals surface area contributed by atoms with E-state index < -0.39 is 0 Å². The highest BCUT2D eigenvalue weighted by Crippen LogP contribution is 2.20. The molecule has 0 saturated heterocycles. The molecule has 0 fully saturated rings. The first-order valence-corrected chi connectivity index (χ1v) is 6.20. The molecule has 0 N–H and O–H groups in total. The summed E-state index contributed by atoms with van der Waals surface area (Å²) in [4.78, 5) is 11.0. The van der Waals surface area contributed by atoms with E-state index >= 15 is 0 Å². The van der Waals surface area contributed by atoms with E-state index in [1.54, 1.807) is 6.92 Å². The summed E-state index contributed by atoms with van der Waals surface area (Å²) in [6.07, 6.45) is 0.614. The molecule has 1 rings (SSSR count). The molecule has 0 aliphatic heterocycles. The summed E-state index contributed by atoms with van der Waals surface area (Å²) in [6.45, 7) is 5.64. The van der Waals surface area contributed by atoms with Crippen molar-refractivity contribution < 1.29 is 9.53 Å². The molecular formula is C13H17BrO2. The first-order chi connectivity index (χ1) is 7.49. The van der Waals surface area contributed by atoms with Crippen LogP contribution in [0.25, 0.3) is 0 Å². The van der Waals surface area contributed by atoms with Crippen molar-refractivity contribution in [3.63, 3.8) is 0 Å². The zero-order valence-corrected chi connectivity index (χ0v) is 11.5. The standard InChI is InChI=1S/C13H17BrO2/c1-9(8-10(2)15)11(3)16-13-6-4-12(14)5-7-13/h4-7,9,11H,8H2,1-3H3/t9-,11?/m1/s1. The Morgan fingerprint density at radius 3 is 2.38 bits per heavy atom. The molecule has 0 amide bonds. The van der Waals surface area contributed by atoms with Gasteiger partial charge in [-0.15, -0.1) is 0 Å². The summed E-state index contributed by atoms with van der Waals surface area (Å²) < 4.78 is 6.79. The zero-order chi connectivity index (χ0) is 12.1. The maximum atomic E-state index is 11.0. The van der Waals surface area contributed by atoms with Gasteiger partial charge in [-0.3, -0.25) is 0 Å². The number of benzene rings is 1. The van der Waals surface area contributed by atoms with Crippen LogP contribution < -0.4 is 4.74 Å². The van der Waals surface area contributed by atoms with Crippen molar-refractivity contribution in [2.24, 2.45) is 5.92 Å². The third kappa shape index (κ3) is 4.35.